The molecule has 4 N–H and O–H groups in total. The molecule has 0 unspecified atom stereocenters. The number of thiazole rings is 2. The molecule has 216 valence electrons. The van der Waals surface area contributed by atoms with Gasteiger partial charge in [-0.2, -0.15) is 9.59 Å². The summed E-state index contributed by atoms with van der Waals surface area (Å²) in [5.41, 5.74) is 1.64. The van der Waals surface area contributed by atoms with E-state index in [0.29, 0.717) is 21.6 Å². The number of benzene rings is 2. The van der Waals surface area contributed by atoms with Crippen LogP contribution in [0.2, 0.25) is 0 Å². The molecule has 6 rings (SSSR count). The Morgan fingerprint density at radius 1 is 0.829 bits per heavy atom. The Morgan fingerprint density at radius 3 is 1.66 bits per heavy atom. The first kappa shape index (κ1) is 33.5. The van der Waals surface area contributed by atoms with Gasteiger partial charge in [-0.3, -0.25) is 4.99 Å². The van der Waals surface area contributed by atoms with Crippen LogP contribution in [0.3, 0.4) is 0 Å². The van der Waals surface area contributed by atoms with E-state index in [1.165, 1.54) is 46.2 Å². The van der Waals surface area contributed by atoms with Gasteiger partial charge in [0, 0.05) is 21.4 Å². The Bertz CT molecular complexity index is 1580. The second-order valence-electron chi connectivity index (χ2n) is 7.25. The monoisotopic (exact) mass is 638 g/mol. The van der Waals surface area contributed by atoms with E-state index in [9.17, 15) is 20.1 Å². The molecule has 0 amide bonds. The van der Waals surface area contributed by atoms with Crippen LogP contribution in [-0.2, 0) is 14.4 Å². The average Bonchev–Trinajstić information content (AvgIpc) is 3.76. The zero-order valence-corrected chi connectivity index (χ0v) is 24.6. The topological polar surface area (TPSA) is 217 Å². The minimum atomic E-state index is -0.906. The molecule has 2 aromatic heterocycles. The smallest absolute Gasteiger partial charge is 0.373 e. The number of carbonyl (C=O) groups excluding carboxylic acids is 2. The molecule has 0 saturated carbocycles. The maximum Gasteiger partial charge on any atom is 0.373 e. The van der Waals surface area contributed by atoms with Crippen molar-refractivity contribution in [2.75, 3.05) is 11.5 Å². The minimum Gasteiger partial charge on any atom is -0.508 e. The van der Waals surface area contributed by atoms with Crippen LogP contribution < -0.4 is 0 Å². The van der Waals surface area contributed by atoms with Crippen LogP contribution in [0.15, 0.2) is 46.4 Å². The van der Waals surface area contributed by atoms with Crippen molar-refractivity contribution in [1.82, 2.24) is 9.97 Å². The van der Waals surface area contributed by atoms with Gasteiger partial charge in [-0.1, -0.05) is 25.6 Å². The molecule has 0 bridgehead atoms. The van der Waals surface area contributed by atoms with E-state index >= 15 is 0 Å². The lowest BCUT2D eigenvalue weighted by atomic mass is 10.3. The molecule has 2 aliphatic heterocycles. The van der Waals surface area contributed by atoms with E-state index < -0.39 is 18.2 Å². The lowest BCUT2D eigenvalue weighted by Crippen LogP contribution is -2.17. The number of hydrogen-bond acceptors (Lipinski definition) is 16. The maximum absolute atomic E-state index is 10.8. The summed E-state index contributed by atoms with van der Waals surface area (Å²) >= 11 is 5.80. The van der Waals surface area contributed by atoms with Crippen LogP contribution >= 0.6 is 46.2 Å². The number of hydrogen-bond donors (Lipinski definition) is 4. The molecule has 4 heterocycles. The fraction of sp³-hybridized carbons (Fsp3) is 0.250. The number of phenolic OH excluding ortho intramolecular Hbond substituents is 2. The SMILES string of the molecule is CC.O=C(O)[C@@H]1CSC(c2nc3ccc(O)cc3s2)=N1.O=C=O.O=O.Oc1ccc2nc(C3=N[C@H](O)CS3)sc2c1. The third-order valence-electron chi connectivity index (χ3n) is 4.68. The van der Waals surface area contributed by atoms with Gasteiger partial charge in [-0.15, -0.1) is 34.4 Å². The minimum absolute atomic E-state index is 0.196. The van der Waals surface area contributed by atoms with E-state index in [2.05, 4.69) is 20.0 Å². The Kier molecular flexibility index (Phi) is 13.5. The molecule has 0 spiro atoms. The Hall–Kier alpha value is -3.73. The molecule has 13 nitrogen and oxygen atoms in total. The molecule has 2 aromatic carbocycles. The number of nitrogens with zero attached hydrogens (tertiary/aromatic N) is 4. The molecule has 0 saturated heterocycles. The summed E-state index contributed by atoms with van der Waals surface area (Å²) in [4.78, 5) is 58.1. The summed E-state index contributed by atoms with van der Waals surface area (Å²) in [6.45, 7) is 4.00. The summed E-state index contributed by atoms with van der Waals surface area (Å²) in [6.07, 6.45) is -0.361. The molecule has 2 aliphatic rings. The summed E-state index contributed by atoms with van der Waals surface area (Å²) < 4.78 is 1.80. The normalized spacial score (nSPS) is 16.8. The van der Waals surface area contributed by atoms with Crippen molar-refractivity contribution < 1.29 is 34.8 Å². The van der Waals surface area contributed by atoms with Gasteiger partial charge in [0.2, 0.25) is 0 Å². The molecule has 0 aliphatic carbocycles. The number of aliphatic imine (C=N–C) groups is 2. The van der Waals surface area contributed by atoms with Gasteiger partial charge in [0.25, 0.3) is 0 Å². The first-order valence-electron chi connectivity index (χ1n) is 11.4. The first-order valence-corrected chi connectivity index (χ1v) is 15.1. The molecule has 0 fully saturated rings. The van der Waals surface area contributed by atoms with Crippen molar-refractivity contribution in [1.29, 1.82) is 0 Å². The molecule has 41 heavy (non-hydrogen) atoms. The molecular formula is C24H22N4O9S4. The Morgan fingerprint density at radius 2 is 1.27 bits per heavy atom. The van der Waals surface area contributed by atoms with Gasteiger partial charge in [0.05, 0.1) is 20.4 Å². The van der Waals surface area contributed by atoms with Gasteiger partial charge in [-0.25, -0.2) is 19.8 Å². The fourth-order valence-electron chi connectivity index (χ4n) is 3.11. The number of thioether (sulfide) groups is 2. The first-order chi connectivity index (χ1) is 19.8. The summed E-state index contributed by atoms with van der Waals surface area (Å²) in [7, 11) is 0. The van der Waals surface area contributed by atoms with Crippen LogP contribution in [0.5, 0.6) is 11.5 Å². The molecular weight excluding hydrogens is 617 g/mol. The second-order valence-corrected chi connectivity index (χ2v) is 11.3. The van der Waals surface area contributed by atoms with E-state index in [0.717, 1.165) is 30.5 Å². The number of aliphatic hydroxyl groups excluding tert-OH is 1. The van der Waals surface area contributed by atoms with E-state index in [1.54, 1.807) is 36.4 Å². The number of aliphatic hydroxyl groups is 1. The van der Waals surface area contributed by atoms with Crippen molar-refractivity contribution in [3.05, 3.63) is 56.3 Å². The number of carboxylic acids is 1. The number of aliphatic carboxylic acids is 1. The highest BCUT2D eigenvalue weighted by molar-refractivity contribution is 8.15. The second kappa shape index (κ2) is 16.5. The van der Waals surface area contributed by atoms with Crippen molar-refractivity contribution in [3.8, 4) is 11.5 Å². The predicted molar refractivity (Wildman–Crippen MR) is 161 cm³/mol. The highest BCUT2D eigenvalue weighted by Gasteiger charge is 2.27. The highest BCUT2D eigenvalue weighted by Crippen LogP contribution is 2.32. The predicted octanol–water partition coefficient (Wildman–Crippen LogP) is 4.27. The lowest BCUT2D eigenvalue weighted by Gasteiger charge is -1.93. The van der Waals surface area contributed by atoms with Crippen LogP contribution in [0.4, 0.5) is 0 Å². The quantitative estimate of drug-likeness (QED) is 0.247. The van der Waals surface area contributed by atoms with E-state index in [1.807, 2.05) is 13.8 Å². The van der Waals surface area contributed by atoms with Crippen LogP contribution in [0.1, 0.15) is 23.9 Å². The highest BCUT2D eigenvalue weighted by atomic mass is 32.2. The van der Waals surface area contributed by atoms with Gasteiger partial charge >= 0.3 is 12.1 Å². The third-order valence-corrected chi connectivity index (χ3v) is 9.08. The number of phenols is 2. The molecule has 0 radical (unpaired) electrons. The van der Waals surface area contributed by atoms with Crippen molar-refractivity contribution in [3.63, 3.8) is 0 Å². The zero-order valence-electron chi connectivity index (χ0n) is 21.3. The Balaban J connectivity index is 0.000000237. The van der Waals surface area contributed by atoms with Crippen LogP contribution in [0.25, 0.3) is 20.4 Å². The van der Waals surface area contributed by atoms with Crippen molar-refractivity contribution >= 4 is 88.8 Å². The lowest BCUT2D eigenvalue weighted by molar-refractivity contribution is -0.191. The number of aromatic nitrogens is 2. The number of aromatic hydroxyl groups is 2. The number of fused-ring (bicyclic) bond motifs is 2. The number of rotatable bonds is 3. The standard InChI is InChI=1S/C11H8N2O3S2.C10H8N2O2S2.C2H6.CO2.O2/c14-5-1-2-6-8(3-5)18-10(12-6)9-13-7(4-17-9)11(15)16;13-5-1-2-6-7(3-5)16-10(11-6)9-12-8(14)4-15-9;1-2;2-1-3;1-2/h1-3,7,14H,4H2,(H,15,16);1-3,8,13-14H,4H2;1-2H3;;/t7-;8-;;;/m01.../s1. The molecule has 2 atom stereocenters. The van der Waals surface area contributed by atoms with Gasteiger partial charge in [0.1, 0.15) is 31.6 Å². The molecule has 4 aromatic rings. The summed E-state index contributed by atoms with van der Waals surface area (Å²) in [5, 5.41) is 39.9. The third kappa shape index (κ3) is 9.14. The van der Waals surface area contributed by atoms with E-state index in [4.69, 9.17) is 24.6 Å². The fourth-order valence-corrected chi connectivity index (χ4v) is 7.14. The average molecular weight is 639 g/mol. The van der Waals surface area contributed by atoms with Crippen LogP contribution in [-0.4, -0.2) is 76.4 Å². The summed E-state index contributed by atoms with van der Waals surface area (Å²) in [6, 6.07) is 9.37. The number of carboxylic acid groups (broad SMARTS) is 1. The van der Waals surface area contributed by atoms with Crippen molar-refractivity contribution in [2.45, 2.75) is 26.1 Å². The zero-order chi connectivity index (χ0) is 30.5. The summed E-state index contributed by atoms with van der Waals surface area (Å²) in [5.74, 6) is 0.574. The number of carbonyl (C=O) groups is 1. The van der Waals surface area contributed by atoms with Gasteiger partial charge in [0.15, 0.2) is 12.3 Å². The largest absolute Gasteiger partial charge is 0.508 e. The van der Waals surface area contributed by atoms with Crippen molar-refractivity contribution in [2.24, 2.45) is 9.98 Å². The van der Waals surface area contributed by atoms with Gasteiger partial charge in [-0.05, 0) is 36.4 Å². The Labute approximate surface area is 248 Å². The van der Waals surface area contributed by atoms with E-state index in [-0.39, 0.29) is 17.7 Å². The van der Waals surface area contributed by atoms with Gasteiger partial charge < -0.3 is 20.4 Å². The van der Waals surface area contributed by atoms with Crippen LogP contribution in [0, 0.1) is 9.93 Å². The molecule has 17 heteroatoms. The maximum atomic E-state index is 10.8.